The van der Waals surface area contributed by atoms with E-state index in [-0.39, 0.29) is 6.42 Å². The molecule has 0 fully saturated rings. The molecule has 0 spiro atoms. The number of carbonyl (C=O) groups is 1. The molecule has 0 bridgehead atoms. The Morgan fingerprint density at radius 3 is 3.10 bits per heavy atom. The Labute approximate surface area is 127 Å². The highest BCUT2D eigenvalue weighted by molar-refractivity contribution is 7.13. The van der Waals surface area contributed by atoms with Gasteiger partial charge in [0.15, 0.2) is 5.13 Å². The smallest absolute Gasteiger partial charge is 0.183 e. The monoisotopic (exact) mass is 305 g/mol. The van der Waals surface area contributed by atoms with Crippen molar-refractivity contribution in [2.24, 2.45) is 0 Å². The lowest BCUT2D eigenvalue weighted by atomic mass is 10.2. The van der Waals surface area contributed by atoms with Crippen LogP contribution in [0.4, 0.5) is 5.13 Å². The largest absolute Gasteiger partial charge is 0.550 e. The van der Waals surface area contributed by atoms with Gasteiger partial charge in [0.1, 0.15) is 5.75 Å². The lowest BCUT2D eigenvalue weighted by Gasteiger charge is -2.07. The van der Waals surface area contributed by atoms with Gasteiger partial charge in [-0.2, -0.15) is 0 Å². The van der Waals surface area contributed by atoms with Crippen LogP contribution in [-0.2, 0) is 17.8 Å². The highest BCUT2D eigenvalue weighted by atomic mass is 32.1. The summed E-state index contributed by atoms with van der Waals surface area (Å²) in [4.78, 5) is 14.7. The van der Waals surface area contributed by atoms with E-state index in [2.05, 4.69) is 17.2 Å². The number of anilines is 1. The summed E-state index contributed by atoms with van der Waals surface area (Å²) >= 11 is 1.38. The number of nitrogens with one attached hydrogen (secondary N) is 1. The molecule has 1 N–H and O–H groups in total. The third kappa shape index (κ3) is 5.07. The highest BCUT2D eigenvalue weighted by Crippen LogP contribution is 2.18. The number of ether oxygens (including phenoxy) is 1. The molecule has 1 aromatic heterocycles. The maximum absolute atomic E-state index is 10.5. The number of benzene rings is 1. The summed E-state index contributed by atoms with van der Waals surface area (Å²) in [5, 5.41) is 16.1. The summed E-state index contributed by atoms with van der Waals surface area (Å²) in [6.45, 7) is 3.38. The predicted octanol–water partition coefficient (Wildman–Crippen LogP) is 1.84. The first-order valence-electron chi connectivity index (χ1n) is 6.77. The van der Waals surface area contributed by atoms with Crippen LogP contribution in [-0.4, -0.2) is 17.6 Å². The van der Waals surface area contributed by atoms with Crippen molar-refractivity contribution in [3.8, 4) is 5.75 Å². The molecule has 2 aromatic rings. The third-order valence-corrected chi connectivity index (χ3v) is 3.54. The van der Waals surface area contributed by atoms with Crippen molar-refractivity contribution in [2.45, 2.75) is 26.3 Å². The number of aliphatic carboxylic acids is 1. The maximum atomic E-state index is 10.5. The minimum Gasteiger partial charge on any atom is -0.550 e. The van der Waals surface area contributed by atoms with Crippen LogP contribution in [0.5, 0.6) is 5.75 Å². The van der Waals surface area contributed by atoms with Gasteiger partial charge in [0.05, 0.1) is 12.3 Å². The van der Waals surface area contributed by atoms with Crippen LogP contribution < -0.4 is 15.2 Å². The van der Waals surface area contributed by atoms with Gasteiger partial charge in [0.2, 0.25) is 0 Å². The van der Waals surface area contributed by atoms with E-state index in [1.807, 2.05) is 24.3 Å². The molecular weight excluding hydrogens is 288 g/mol. The van der Waals surface area contributed by atoms with Crippen molar-refractivity contribution >= 4 is 22.4 Å². The first kappa shape index (κ1) is 15.3. The zero-order valence-electron chi connectivity index (χ0n) is 11.8. The molecule has 0 radical (unpaired) electrons. The number of hydrogen-bond donors (Lipinski definition) is 1. The van der Waals surface area contributed by atoms with Crippen molar-refractivity contribution < 1.29 is 14.6 Å². The number of thiazole rings is 1. The van der Waals surface area contributed by atoms with Gasteiger partial charge in [-0.25, -0.2) is 4.98 Å². The number of rotatable bonds is 8. The summed E-state index contributed by atoms with van der Waals surface area (Å²) in [5.74, 6) is -0.263. The average molecular weight is 305 g/mol. The van der Waals surface area contributed by atoms with Crippen LogP contribution in [0.1, 0.15) is 24.6 Å². The number of carbonyl (C=O) groups excluding carboxylic acids is 1. The first-order valence-corrected chi connectivity index (χ1v) is 7.65. The molecule has 0 atom stereocenters. The Morgan fingerprint density at radius 1 is 1.48 bits per heavy atom. The van der Waals surface area contributed by atoms with Crippen LogP contribution in [0.15, 0.2) is 29.6 Å². The van der Waals surface area contributed by atoms with Crippen LogP contribution in [0.3, 0.4) is 0 Å². The second-order valence-electron chi connectivity index (χ2n) is 4.54. The summed E-state index contributed by atoms with van der Waals surface area (Å²) < 4.78 is 5.58. The van der Waals surface area contributed by atoms with Crippen LogP contribution in [0.25, 0.3) is 0 Å². The van der Waals surface area contributed by atoms with E-state index in [4.69, 9.17) is 4.74 Å². The van der Waals surface area contributed by atoms with Crippen molar-refractivity contribution in [3.63, 3.8) is 0 Å². The maximum Gasteiger partial charge on any atom is 0.183 e. The quantitative estimate of drug-likeness (QED) is 0.805. The molecule has 0 amide bonds. The standard InChI is InChI=1S/C15H18N2O3S/c1-2-6-20-13-5-3-4-11(7-13)9-16-15-17-12(10-21-15)8-14(18)19/h3-5,7,10H,2,6,8-9H2,1H3,(H,16,17)(H,18,19)/p-1. The second-order valence-corrected chi connectivity index (χ2v) is 5.40. The van der Waals surface area contributed by atoms with Crippen molar-refractivity contribution in [3.05, 3.63) is 40.9 Å². The minimum absolute atomic E-state index is 0.154. The fourth-order valence-corrected chi connectivity index (χ4v) is 2.47. The average Bonchev–Trinajstić information content (AvgIpc) is 2.90. The fraction of sp³-hybridized carbons (Fsp3) is 0.333. The molecule has 6 heteroatoms. The van der Waals surface area contributed by atoms with Crippen LogP contribution >= 0.6 is 11.3 Å². The van der Waals surface area contributed by atoms with E-state index in [9.17, 15) is 9.90 Å². The molecule has 0 saturated heterocycles. The van der Waals surface area contributed by atoms with Crippen molar-refractivity contribution in [1.82, 2.24) is 4.98 Å². The zero-order valence-corrected chi connectivity index (χ0v) is 12.6. The van der Waals surface area contributed by atoms with E-state index >= 15 is 0 Å². The molecule has 1 heterocycles. The Hall–Kier alpha value is -2.08. The molecule has 2 rings (SSSR count). The summed E-state index contributed by atoms with van der Waals surface area (Å²) in [6, 6.07) is 7.87. The Morgan fingerprint density at radius 2 is 2.33 bits per heavy atom. The minimum atomic E-state index is -1.12. The first-order chi connectivity index (χ1) is 10.2. The van der Waals surface area contributed by atoms with E-state index < -0.39 is 5.97 Å². The molecule has 0 saturated carbocycles. The lowest BCUT2D eigenvalue weighted by Crippen LogP contribution is -2.24. The van der Waals surface area contributed by atoms with Gasteiger partial charge in [0.25, 0.3) is 0 Å². The fourth-order valence-electron chi connectivity index (χ4n) is 1.76. The SMILES string of the molecule is CCCOc1cccc(CNc2nc(CC(=O)[O-])cs2)c1. The molecule has 21 heavy (non-hydrogen) atoms. The number of aromatic nitrogens is 1. The molecule has 112 valence electrons. The summed E-state index contributed by atoms with van der Waals surface area (Å²) in [5.41, 5.74) is 1.60. The van der Waals surface area contributed by atoms with Gasteiger partial charge < -0.3 is 20.0 Å². The molecule has 0 unspecified atom stereocenters. The second kappa shape index (κ2) is 7.64. The van der Waals surface area contributed by atoms with Gasteiger partial charge in [-0.15, -0.1) is 11.3 Å². The normalized spacial score (nSPS) is 10.3. The van der Waals surface area contributed by atoms with E-state index in [0.29, 0.717) is 24.0 Å². The predicted molar refractivity (Wildman–Crippen MR) is 80.4 cm³/mol. The molecule has 0 aliphatic heterocycles. The number of hydrogen-bond acceptors (Lipinski definition) is 6. The van der Waals surface area contributed by atoms with Gasteiger partial charge in [0, 0.05) is 24.3 Å². The topological polar surface area (TPSA) is 74.3 Å². The number of carboxylic acids is 1. The van der Waals surface area contributed by atoms with Gasteiger partial charge >= 0.3 is 0 Å². The highest BCUT2D eigenvalue weighted by Gasteiger charge is 2.03. The van der Waals surface area contributed by atoms with Crippen LogP contribution in [0, 0.1) is 0 Å². The third-order valence-electron chi connectivity index (χ3n) is 2.69. The van der Waals surface area contributed by atoms with Crippen molar-refractivity contribution in [1.29, 1.82) is 0 Å². The van der Waals surface area contributed by atoms with E-state index in [1.165, 1.54) is 11.3 Å². The Bertz CT molecular complexity index is 598. The molecule has 1 aromatic carbocycles. The molecule has 0 aliphatic carbocycles. The molecule has 5 nitrogen and oxygen atoms in total. The van der Waals surface area contributed by atoms with E-state index in [0.717, 1.165) is 17.7 Å². The summed E-state index contributed by atoms with van der Waals surface area (Å²) in [6.07, 6.45) is 0.821. The summed E-state index contributed by atoms with van der Waals surface area (Å²) in [7, 11) is 0. The van der Waals surface area contributed by atoms with Crippen LogP contribution in [0.2, 0.25) is 0 Å². The Kier molecular flexibility index (Phi) is 5.57. The number of carboxylic acid groups (broad SMARTS) is 1. The molecule has 0 aliphatic rings. The number of nitrogens with zero attached hydrogens (tertiary/aromatic N) is 1. The van der Waals surface area contributed by atoms with Gasteiger partial charge in [-0.1, -0.05) is 19.1 Å². The van der Waals surface area contributed by atoms with Gasteiger partial charge in [-0.05, 0) is 24.1 Å². The van der Waals surface area contributed by atoms with E-state index in [1.54, 1.807) is 5.38 Å². The lowest BCUT2D eigenvalue weighted by molar-refractivity contribution is -0.304. The molecular formula is C15H17N2O3S-. The zero-order chi connectivity index (χ0) is 15.1. The van der Waals surface area contributed by atoms with Gasteiger partial charge in [-0.3, -0.25) is 0 Å². The van der Waals surface area contributed by atoms with Crippen molar-refractivity contribution in [2.75, 3.05) is 11.9 Å². The Balaban J connectivity index is 1.90.